The van der Waals surface area contributed by atoms with Crippen molar-refractivity contribution in [3.8, 4) is 0 Å². The van der Waals surface area contributed by atoms with E-state index in [0.29, 0.717) is 5.92 Å². The third-order valence-corrected chi connectivity index (χ3v) is 2.49. The molecule has 0 saturated heterocycles. The first-order valence-electron chi connectivity index (χ1n) is 6.62. The molecule has 16 heavy (non-hydrogen) atoms. The zero-order chi connectivity index (χ0) is 12.4. The molecule has 0 radical (unpaired) electrons. The van der Waals surface area contributed by atoms with Gasteiger partial charge in [-0.1, -0.05) is 40.5 Å². The minimum Gasteiger partial charge on any atom is -0.354 e. The van der Waals surface area contributed by atoms with Crippen LogP contribution >= 0.6 is 0 Å². The molecule has 0 aliphatic rings. The fraction of sp³-hybridized carbons (Fsp3) is 0.923. The molecule has 0 aromatic heterocycles. The van der Waals surface area contributed by atoms with Gasteiger partial charge in [0, 0.05) is 6.54 Å². The number of carbonyl (C=O) groups excluding carboxylic acids is 1. The van der Waals surface area contributed by atoms with Crippen molar-refractivity contribution >= 4 is 5.91 Å². The van der Waals surface area contributed by atoms with Gasteiger partial charge >= 0.3 is 0 Å². The van der Waals surface area contributed by atoms with Gasteiger partial charge in [-0.25, -0.2) is 0 Å². The van der Waals surface area contributed by atoms with Crippen LogP contribution < -0.4 is 10.6 Å². The van der Waals surface area contributed by atoms with E-state index in [1.807, 2.05) is 0 Å². The van der Waals surface area contributed by atoms with Gasteiger partial charge in [0.05, 0.1) is 6.04 Å². The molecule has 96 valence electrons. The van der Waals surface area contributed by atoms with E-state index in [1.165, 1.54) is 0 Å². The van der Waals surface area contributed by atoms with Crippen LogP contribution in [-0.4, -0.2) is 25.0 Å². The van der Waals surface area contributed by atoms with E-state index < -0.39 is 0 Å². The molecule has 0 spiro atoms. The lowest BCUT2D eigenvalue weighted by Crippen LogP contribution is -2.45. The molecule has 2 N–H and O–H groups in total. The molecular formula is C13H28N2O. The summed E-state index contributed by atoms with van der Waals surface area (Å²) in [4.78, 5) is 11.9. The summed E-state index contributed by atoms with van der Waals surface area (Å²) in [6, 6.07) is -0.00125. The first-order chi connectivity index (χ1) is 7.61. The molecule has 3 nitrogen and oxygen atoms in total. The van der Waals surface area contributed by atoms with E-state index in [9.17, 15) is 4.79 Å². The third kappa shape index (κ3) is 7.69. The van der Waals surface area contributed by atoms with Crippen LogP contribution in [0.25, 0.3) is 0 Å². The summed E-state index contributed by atoms with van der Waals surface area (Å²) in [5, 5.41) is 6.31. The van der Waals surface area contributed by atoms with Gasteiger partial charge in [-0.15, -0.1) is 0 Å². The average Bonchev–Trinajstić information content (AvgIpc) is 2.26. The molecule has 1 amide bonds. The second kappa shape index (κ2) is 9.64. The van der Waals surface area contributed by atoms with Gasteiger partial charge in [0.25, 0.3) is 0 Å². The maximum absolute atomic E-state index is 11.9. The Morgan fingerprint density at radius 1 is 1.19 bits per heavy atom. The van der Waals surface area contributed by atoms with Crippen LogP contribution in [0.5, 0.6) is 0 Å². The quantitative estimate of drug-likeness (QED) is 0.636. The minimum atomic E-state index is -0.00125. The average molecular weight is 228 g/mol. The Balaban J connectivity index is 3.98. The van der Waals surface area contributed by atoms with E-state index in [-0.39, 0.29) is 11.9 Å². The Bertz CT molecular complexity index is 173. The van der Waals surface area contributed by atoms with E-state index in [0.717, 1.165) is 38.8 Å². The van der Waals surface area contributed by atoms with Crippen molar-refractivity contribution in [2.24, 2.45) is 5.92 Å². The largest absolute Gasteiger partial charge is 0.354 e. The molecule has 1 atom stereocenters. The molecular weight excluding hydrogens is 200 g/mol. The lowest BCUT2D eigenvalue weighted by molar-refractivity contribution is -0.123. The Labute approximate surface area is 100 Å². The molecule has 0 aromatic rings. The van der Waals surface area contributed by atoms with Crippen molar-refractivity contribution in [2.45, 2.75) is 59.4 Å². The van der Waals surface area contributed by atoms with Crippen molar-refractivity contribution in [3.05, 3.63) is 0 Å². The smallest absolute Gasteiger partial charge is 0.237 e. The van der Waals surface area contributed by atoms with Crippen molar-refractivity contribution in [1.82, 2.24) is 10.6 Å². The van der Waals surface area contributed by atoms with E-state index in [2.05, 4.69) is 38.3 Å². The molecule has 0 saturated carbocycles. The number of unbranched alkanes of at least 4 members (excludes halogenated alkanes) is 1. The number of carbonyl (C=O) groups is 1. The Hall–Kier alpha value is -0.570. The van der Waals surface area contributed by atoms with Crippen molar-refractivity contribution < 1.29 is 4.79 Å². The highest BCUT2D eigenvalue weighted by Crippen LogP contribution is 2.01. The van der Waals surface area contributed by atoms with Crippen molar-refractivity contribution in [1.29, 1.82) is 0 Å². The Morgan fingerprint density at radius 3 is 2.38 bits per heavy atom. The summed E-state index contributed by atoms with van der Waals surface area (Å²) in [5.41, 5.74) is 0. The summed E-state index contributed by atoms with van der Waals surface area (Å²) in [7, 11) is 0. The zero-order valence-corrected chi connectivity index (χ0v) is 11.3. The summed E-state index contributed by atoms with van der Waals surface area (Å²) < 4.78 is 0. The van der Waals surface area contributed by atoms with Gasteiger partial charge in [-0.05, 0) is 25.3 Å². The molecule has 0 heterocycles. The SMILES string of the molecule is CCCCC(NCCC)C(=O)NCC(C)C. The first kappa shape index (κ1) is 15.4. The van der Waals surface area contributed by atoms with E-state index in [1.54, 1.807) is 0 Å². The highest BCUT2D eigenvalue weighted by molar-refractivity contribution is 5.81. The van der Waals surface area contributed by atoms with E-state index in [4.69, 9.17) is 0 Å². The molecule has 0 rings (SSSR count). The Kier molecular flexibility index (Phi) is 9.30. The van der Waals surface area contributed by atoms with Gasteiger partial charge in [-0.2, -0.15) is 0 Å². The summed E-state index contributed by atoms with van der Waals surface area (Å²) in [6.45, 7) is 10.2. The van der Waals surface area contributed by atoms with Crippen molar-refractivity contribution in [3.63, 3.8) is 0 Å². The summed E-state index contributed by atoms with van der Waals surface area (Å²) in [5.74, 6) is 0.678. The third-order valence-electron chi connectivity index (χ3n) is 2.49. The monoisotopic (exact) mass is 228 g/mol. The van der Waals surface area contributed by atoms with Crippen LogP contribution in [0.2, 0.25) is 0 Å². The lowest BCUT2D eigenvalue weighted by atomic mass is 10.1. The number of amides is 1. The highest BCUT2D eigenvalue weighted by atomic mass is 16.2. The number of rotatable bonds is 9. The fourth-order valence-electron chi connectivity index (χ4n) is 1.48. The molecule has 3 heteroatoms. The Morgan fingerprint density at radius 2 is 1.88 bits per heavy atom. The minimum absolute atomic E-state index is 0.00125. The van der Waals surface area contributed by atoms with Gasteiger partial charge in [0.2, 0.25) is 5.91 Å². The maximum atomic E-state index is 11.9. The lowest BCUT2D eigenvalue weighted by Gasteiger charge is -2.18. The molecule has 0 fully saturated rings. The van der Waals surface area contributed by atoms with Gasteiger partial charge in [0.1, 0.15) is 0 Å². The second-order valence-electron chi connectivity index (χ2n) is 4.79. The predicted octanol–water partition coefficient (Wildman–Crippen LogP) is 2.32. The molecule has 0 aromatic carbocycles. The van der Waals surface area contributed by atoms with Crippen LogP contribution in [-0.2, 0) is 4.79 Å². The molecule has 0 bridgehead atoms. The van der Waals surface area contributed by atoms with Crippen LogP contribution in [0.4, 0.5) is 0 Å². The normalized spacial score (nSPS) is 12.8. The van der Waals surface area contributed by atoms with Crippen LogP contribution in [0.3, 0.4) is 0 Å². The maximum Gasteiger partial charge on any atom is 0.237 e. The van der Waals surface area contributed by atoms with Gasteiger partial charge in [0.15, 0.2) is 0 Å². The molecule has 0 aliphatic carbocycles. The standard InChI is InChI=1S/C13H28N2O/c1-5-7-8-12(14-9-6-2)13(16)15-10-11(3)4/h11-12,14H,5-10H2,1-4H3,(H,15,16). The van der Waals surface area contributed by atoms with Crippen molar-refractivity contribution in [2.75, 3.05) is 13.1 Å². The molecule has 0 aliphatic heterocycles. The topological polar surface area (TPSA) is 41.1 Å². The van der Waals surface area contributed by atoms with Gasteiger partial charge in [-0.3, -0.25) is 4.79 Å². The predicted molar refractivity (Wildman–Crippen MR) is 69.5 cm³/mol. The second-order valence-corrected chi connectivity index (χ2v) is 4.79. The fourth-order valence-corrected chi connectivity index (χ4v) is 1.48. The first-order valence-corrected chi connectivity index (χ1v) is 6.62. The zero-order valence-electron chi connectivity index (χ0n) is 11.3. The number of hydrogen-bond donors (Lipinski definition) is 2. The van der Waals surface area contributed by atoms with E-state index >= 15 is 0 Å². The summed E-state index contributed by atoms with van der Waals surface area (Å²) in [6.07, 6.45) is 4.26. The number of nitrogens with one attached hydrogen (secondary N) is 2. The number of hydrogen-bond acceptors (Lipinski definition) is 2. The van der Waals surface area contributed by atoms with Crippen LogP contribution in [0, 0.1) is 5.92 Å². The summed E-state index contributed by atoms with van der Waals surface area (Å²) >= 11 is 0. The molecule has 1 unspecified atom stereocenters. The van der Waals surface area contributed by atoms with Gasteiger partial charge < -0.3 is 10.6 Å². The van der Waals surface area contributed by atoms with Crippen LogP contribution in [0.15, 0.2) is 0 Å². The highest BCUT2D eigenvalue weighted by Gasteiger charge is 2.16. The van der Waals surface area contributed by atoms with Crippen LogP contribution in [0.1, 0.15) is 53.4 Å².